The van der Waals surface area contributed by atoms with Crippen LogP contribution in [0.1, 0.15) is 30.9 Å². The number of piperazine rings is 1. The molecule has 2 heterocycles. The van der Waals surface area contributed by atoms with Crippen LogP contribution >= 0.6 is 0 Å². The maximum absolute atomic E-state index is 12.9. The molecular formula is C25H28N4O4. The molecule has 0 spiro atoms. The summed E-state index contributed by atoms with van der Waals surface area (Å²) in [4.78, 5) is 43.1. The van der Waals surface area contributed by atoms with Crippen molar-refractivity contribution in [2.24, 2.45) is 0 Å². The Morgan fingerprint density at radius 1 is 1.00 bits per heavy atom. The van der Waals surface area contributed by atoms with E-state index in [0.717, 1.165) is 28.5 Å². The van der Waals surface area contributed by atoms with Gasteiger partial charge in [-0.05, 0) is 23.6 Å². The number of hydrogen-bond acceptors (Lipinski definition) is 4. The Labute approximate surface area is 192 Å². The van der Waals surface area contributed by atoms with Gasteiger partial charge in [0.15, 0.2) is 6.17 Å². The molecule has 3 N–H and O–H groups in total. The molecule has 172 valence electrons. The number of H-pyrrole nitrogens is 1. The number of rotatable bonds is 8. The van der Waals surface area contributed by atoms with Crippen molar-refractivity contribution >= 4 is 28.8 Å². The van der Waals surface area contributed by atoms with Gasteiger partial charge >= 0.3 is 6.09 Å². The molecule has 33 heavy (non-hydrogen) atoms. The van der Waals surface area contributed by atoms with E-state index in [0.29, 0.717) is 19.4 Å². The van der Waals surface area contributed by atoms with E-state index in [1.54, 1.807) is 0 Å². The molecule has 3 amide bonds. The topological polar surface area (TPSA) is 104 Å². The Kier molecular flexibility index (Phi) is 6.92. The average molecular weight is 449 g/mol. The fourth-order valence-corrected chi connectivity index (χ4v) is 3.96. The van der Waals surface area contributed by atoms with Crippen LogP contribution in [0, 0.1) is 0 Å². The number of para-hydroxylation sites is 1. The molecule has 8 nitrogen and oxygen atoms in total. The summed E-state index contributed by atoms with van der Waals surface area (Å²) in [5.41, 5.74) is 2.76. The van der Waals surface area contributed by atoms with E-state index < -0.39 is 24.2 Å². The van der Waals surface area contributed by atoms with Crippen molar-refractivity contribution in [3.8, 4) is 0 Å². The van der Waals surface area contributed by atoms with E-state index >= 15 is 0 Å². The van der Waals surface area contributed by atoms with Gasteiger partial charge < -0.3 is 20.4 Å². The number of fused-ring (bicyclic) bond motifs is 1. The van der Waals surface area contributed by atoms with Gasteiger partial charge in [-0.2, -0.15) is 0 Å². The highest BCUT2D eigenvalue weighted by Crippen LogP contribution is 2.20. The molecule has 3 aromatic rings. The number of aromatic nitrogens is 1. The zero-order chi connectivity index (χ0) is 23.2. The first-order valence-corrected chi connectivity index (χ1v) is 11.2. The van der Waals surface area contributed by atoms with Gasteiger partial charge in [0.2, 0.25) is 5.91 Å². The molecule has 0 bridgehead atoms. The molecule has 1 aliphatic heterocycles. The second-order valence-corrected chi connectivity index (χ2v) is 8.12. The molecule has 1 aliphatic rings. The van der Waals surface area contributed by atoms with E-state index in [4.69, 9.17) is 4.74 Å². The zero-order valence-electron chi connectivity index (χ0n) is 18.5. The van der Waals surface area contributed by atoms with Crippen molar-refractivity contribution in [3.05, 3.63) is 71.9 Å². The van der Waals surface area contributed by atoms with Gasteiger partial charge in [0, 0.05) is 30.1 Å². The predicted molar refractivity (Wildman–Crippen MR) is 124 cm³/mol. The number of ether oxygens (including phenoxy) is 1. The molecule has 0 radical (unpaired) electrons. The van der Waals surface area contributed by atoms with Crippen LogP contribution in [0.5, 0.6) is 0 Å². The molecule has 0 aliphatic carbocycles. The van der Waals surface area contributed by atoms with Gasteiger partial charge in [-0.15, -0.1) is 0 Å². The Bertz CT molecular complexity index is 1130. The molecule has 4 rings (SSSR count). The normalized spacial score (nSPS) is 18.0. The lowest BCUT2D eigenvalue weighted by atomic mass is 10.0. The second kappa shape index (κ2) is 10.2. The van der Waals surface area contributed by atoms with Crippen molar-refractivity contribution in [1.29, 1.82) is 0 Å². The van der Waals surface area contributed by atoms with Crippen LogP contribution in [-0.4, -0.2) is 46.5 Å². The standard InChI is InChI=1S/C25H28N4O4/c1-2-3-13-29(25(32)33-16-17-9-5-4-6-10-17)22-24(31)27-21(23(30)28-22)14-18-15-26-20-12-8-7-11-19(18)20/h4-12,15,21-22,26H,2-3,13-14,16H2,1H3,(H,27,31)(H,28,30)/t21-,22-/m1/s1. The third-order valence-corrected chi connectivity index (χ3v) is 5.76. The third-order valence-electron chi connectivity index (χ3n) is 5.76. The number of carbonyl (C=O) groups excluding carboxylic acids is 3. The number of aromatic amines is 1. The Balaban J connectivity index is 1.43. The highest BCUT2D eigenvalue weighted by atomic mass is 16.6. The van der Waals surface area contributed by atoms with Crippen LogP contribution in [0.2, 0.25) is 0 Å². The highest BCUT2D eigenvalue weighted by molar-refractivity contribution is 5.98. The Hall–Kier alpha value is -3.81. The summed E-state index contributed by atoms with van der Waals surface area (Å²) >= 11 is 0. The monoisotopic (exact) mass is 448 g/mol. The quantitative estimate of drug-likeness (QED) is 0.493. The molecule has 2 atom stereocenters. The number of benzene rings is 2. The number of carbonyl (C=O) groups is 3. The number of amides is 3. The first kappa shape index (κ1) is 22.4. The van der Waals surface area contributed by atoms with Crippen molar-refractivity contribution in [1.82, 2.24) is 20.5 Å². The molecule has 2 aromatic carbocycles. The summed E-state index contributed by atoms with van der Waals surface area (Å²) < 4.78 is 5.44. The second-order valence-electron chi connectivity index (χ2n) is 8.12. The van der Waals surface area contributed by atoms with Gasteiger partial charge in [0.25, 0.3) is 5.91 Å². The maximum Gasteiger partial charge on any atom is 0.412 e. The summed E-state index contributed by atoms with van der Waals surface area (Å²) in [6, 6.07) is 16.4. The fraction of sp³-hybridized carbons (Fsp3) is 0.320. The average Bonchev–Trinajstić information content (AvgIpc) is 3.24. The minimum atomic E-state index is -1.11. The smallest absolute Gasteiger partial charge is 0.412 e. The van der Waals surface area contributed by atoms with Crippen LogP contribution in [0.25, 0.3) is 10.9 Å². The molecule has 1 fully saturated rings. The minimum Gasteiger partial charge on any atom is -0.444 e. The molecule has 1 saturated heterocycles. The van der Waals surface area contributed by atoms with E-state index in [-0.39, 0.29) is 12.5 Å². The number of nitrogens with one attached hydrogen (secondary N) is 3. The highest BCUT2D eigenvalue weighted by Gasteiger charge is 2.39. The number of unbranched alkanes of at least 4 members (excludes halogenated alkanes) is 1. The summed E-state index contributed by atoms with van der Waals surface area (Å²) in [6.45, 7) is 2.38. The summed E-state index contributed by atoms with van der Waals surface area (Å²) in [6.07, 6.45) is 1.97. The molecule has 8 heteroatoms. The Morgan fingerprint density at radius 2 is 1.76 bits per heavy atom. The zero-order valence-corrected chi connectivity index (χ0v) is 18.5. The largest absolute Gasteiger partial charge is 0.444 e. The van der Waals surface area contributed by atoms with Gasteiger partial charge in [-0.1, -0.05) is 61.9 Å². The van der Waals surface area contributed by atoms with Crippen LogP contribution in [0.15, 0.2) is 60.8 Å². The van der Waals surface area contributed by atoms with Crippen molar-refractivity contribution in [3.63, 3.8) is 0 Å². The molecule has 0 saturated carbocycles. The first-order valence-electron chi connectivity index (χ1n) is 11.2. The Morgan fingerprint density at radius 3 is 2.55 bits per heavy atom. The van der Waals surface area contributed by atoms with E-state index in [1.165, 1.54) is 4.90 Å². The number of nitrogens with zero attached hydrogens (tertiary/aromatic N) is 1. The third kappa shape index (κ3) is 5.16. The SMILES string of the molecule is CCCCN(C(=O)OCc1ccccc1)[C@H]1NC(=O)[C@@H](Cc2c[nH]c3ccccc23)NC1=O. The summed E-state index contributed by atoms with van der Waals surface area (Å²) in [7, 11) is 0. The van der Waals surface area contributed by atoms with Gasteiger partial charge in [0.1, 0.15) is 12.6 Å². The van der Waals surface area contributed by atoms with E-state index in [2.05, 4.69) is 15.6 Å². The van der Waals surface area contributed by atoms with Crippen molar-refractivity contribution in [2.45, 2.75) is 45.0 Å². The number of hydrogen-bond donors (Lipinski definition) is 3. The lowest BCUT2D eigenvalue weighted by Gasteiger charge is -2.36. The summed E-state index contributed by atoms with van der Waals surface area (Å²) in [5, 5.41) is 6.53. The van der Waals surface area contributed by atoms with Crippen LogP contribution in [0.3, 0.4) is 0 Å². The fourth-order valence-electron chi connectivity index (χ4n) is 3.96. The lowest BCUT2D eigenvalue weighted by Crippen LogP contribution is -2.68. The minimum absolute atomic E-state index is 0.0910. The summed E-state index contributed by atoms with van der Waals surface area (Å²) in [5.74, 6) is -0.755. The van der Waals surface area contributed by atoms with Crippen molar-refractivity contribution < 1.29 is 19.1 Å². The van der Waals surface area contributed by atoms with Gasteiger partial charge in [0.05, 0.1) is 0 Å². The van der Waals surface area contributed by atoms with E-state index in [9.17, 15) is 14.4 Å². The maximum atomic E-state index is 12.9. The van der Waals surface area contributed by atoms with Crippen molar-refractivity contribution in [2.75, 3.05) is 6.54 Å². The molecular weight excluding hydrogens is 420 g/mol. The van der Waals surface area contributed by atoms with E-state index in [1.807, 2.05) is 67.7 Å². The predicted octanol–water partition coefficient (Wildman–Crippen LogP) is 3.09. The molecule has 1 aromatic heterocycles. The van der Waals surface area contributed by atoms with Gasteiger partial charge in [-0.3, -0.25) is 14.5 Å². The van der Waals surface area contributed by atoms with Crippen LogP contribution < -0.4 is 10.6 Å². The first-order chi connectivity index (χ1) is 16.1. The van der Waals surface area contributed by atoms with Gasteiger partial charge in [-0.25, -0.2) is 4.79 Å². The molecule has 0 unspecified atom stereocenters. The van der Waals surface area contributed by atoms with Crippen LogP contribution in [0.4, 0.5) is 4.79 Å². The lowest BCUT2D eigenvalue weighted by molar-refractivity contribution is -0.140. The van der Waals surface area contributed by atoms with Crippen LogP contribution in [-0.2, 0) is 27.4 Å².